The number of aromatic nitrogens is 4. The maximum atomic E-state index is 12.6. The van der Waals surface area contributed by atoms with Crippen LogP contribution in [-0.4, -0.2) is 78.1 Å². The summed E-state index contributed by atoms with van der Waals surface area (Å²) in [7, 11) is 0. The van der Waals surface area contributed by atoms with Gasteiger partial charge in [-0.3, -0.25) is 9.78 Å². The molecule has 0 radical (unpaired) electrons. The van der Waals surface area contributed by atoms with Crippen LogP contribution in [0.4, 0.5) is 11.8 Å². The number of aliphatic hydroxyl groups is 3. The van der Waals surface area contributed by atoms with Crippen molar-refractivity contribution in [3.63, 3.8) is 0 Å². The minimum Gasteiger partial charge on any atom is -0.390 e. The van der Waals surface area contributed by atoms with Gasteiger partial charge in [0.05, 0.1) is 33.8 Å². The molecule has 1 unspecified atom stereocenters. The van der Waals surface area contributed by atoms with Crippen molar-refractivity contribution in [2.24, 2.45) is 17.8 Å². The average molecular weight is 568 g/mol. The monoisotopic (exact) mass is 567 g/mol. The minimum absolute atomic E-state index is 0.187. The lowest BCUT2D eigenvalue weighted by Crippen LogP contribution is -2.44. The van der Waals surface area contributed by atoms with Crippen LogP contribution in [0.25, 0.3) is 20.8 Å². The second-order valence-electron chi connectivity index (χ2n) is 11.7. The lowest BCUT2D eigenvalue weighted by molar-refractivity contribution is -0.135. The van der Waals surface area contributed by atoms with Gasteiger partial charge in [0.2, 0.25) is 11.9 Å². The van der Waals surface area contributed by atoms with Crippen LogP contribution in [0.1, 0.15) is 50.4 Å². The van der Waals surface area contributed by atoms with Gasteiger partial charge in [-0.05, 0) is 70.8 Å². The number of hydrogen-bond donors (Lipinski definition) is 6. The second-order valence-corrected chi connectivity index (χ2v) is 12.7. The maximum Gasteiger partial charge on any atom is 0.249 e. The fourth-order valence-electron chi connectivity index (χ4n) is 5.57. The Labute approximate surface area is 236 Å². The fourth-order valence-corrected chi connectivity index (χ4v) is 6.68. The molecule has 12 heteroatoms. The fraction of sp³-hybridized carbons (Fsp3) is 0.607. The van der Waals surface area contributed by atoms with Gasteiger partial charge in [-0.2, -0.15) is 4.98 Å². The van der Waals surface area contributed by atoms with Gasteiger partial charge in [0.1, 0.15) is 28.6 Å². The molecule has 3 aromatic rings. The Morgan fingerprint density at radius 3 is 2.58 bits per heavy atom. The van der Waals surface area contributed by atoms with Gasteiger partial charge in [-0.25, -0.2) is 9.97 Å². The topological polar surface area (TPSA) is 165 Å². The third kappa shape index (κ3) is 5.50. The first-order valence-electron chi connectivity index (χ1n) is 14.2. The van der Waals surface area contributed by atoms with E-state index in [2.05, 4.69) is 27.9 Å². The molecule has 6 rings (SSSR count). The summed E-state index contributed by atoms with van der Waals surface area (Å²) in [5.41, 5.74) is 3.07. The molecule has 0 spiro atoms. The number of anilines is 2. The molecule has 3 heterocycles. The van der Waals surface area contributed by atoms with Crippen molar-refractivity contribution in [2.75, 3.05) is 17.2 Å². The van der Waals surface area contributed by atoms with Crippen molar-refractivity contribution < 1.29 is 20.1 Å². The molecule has 1 amide bonds. The van der Waals surface area contributed by atoms with Crippen molar-refractivity contribution >= 4 is 39.2 Å². The first-order valence-corrected chi connectivity index (χ1v) is 15.0. The van der Waals surface area contributed by atoms with Gasteiger partial charge in [0, 0.05) is 24.7 Å². The third-order valence-electron chi connectivity index (χ3n) is 8.46. The summed E-state index contributed by atoms with van der Waals surface area (Å²) in [6.07, 6.45) is 2.57. The molecular weight excluding hydrogens is 530 g/mol. The predicted molar refractivity (Wildman–Crippen MR) is 153 cm³/mol. The van der Waals surface area contributed by atoms with Crippen LogP contribution in [0.3, 0.4) is 0 Å². The summed E-state index contributed by atoms with van der Waals surface area (Å²) < 4.78 is 0.995. The van der Waals surface area contributed by atoms with E-state index < -0.39 is 36.2 Å². The largest absolute Gasteiger partial charge is 0.390 e. The number of aryl methyl sites for hydroxylation is 2. The van der Waals surface area contributed by atoms with Gasteiger partial charge in [0.25, 0.3) is 0 Å². The average Bonchev–Trinajstić information content (AvgIpc) is 3.85. The Hall–Kier alpha value is -2.93. The van der Waals surface area contributed by atoms with E-state index in [-0.39, 0.29) is 12.5 Å². The molecule has 3 saturated carbocycles. The number of amides is 1. The Morgan fingerprint density at radius 2 is 1.88 bits per heavy atom. The summed E-state index contributed by atoms with van der Waals surface area (Å²) >= 11 is 1.51. The van der Waals surface area contributed by atoms with E-state index in [0.717, 1.165) is 39.5 Å². The molecule has 0 bridgehead atoms. The third-order valence-corrected chi connectivity index (χ3v) is 9.50. The van der Waals surface area contributed by atoms with E-state index in [9.17, 15) is 20.1 Å². The van der Waals surface area contributed by atoms with Crippen LogP contribution < -0.4 is 16.0 Å². The van der Waals surface area contributed by atoms with Crippen LogP contribution in [0.5, 0.6) is 0 Å². The zero-order chi connectivity index (χ0) is 28.1. The van der Waals surface area contributed by atoms with Crippen LogP contribution >= 0.6 is 11.3 Å². The van der Waals surface area contributed by atoms with Crippen molar-refractivity contribution in [2.45, 2.75) is 83.3 Å². The Kier molecular flexibility index (Phi) is 7.36. The summed E-state index contributed by atoms with van der Waals surface area (Å²) in [6.45, 7) is 6.48. The van der Waals surface area contributed by atoms with Gasteiger partial charge in [0.15, 0.2) is 0 Å². The molecule has 0 aliphatic heterocycles. The maximum absolute atomic E-state index is 12.6. The number of pyridine rings is 1. The lowest BCUT2D eigenvalue weighted by Gasteiger charge is -2.22. The zero-order valence-corrected chi connectivity index (χ0v) is 23.8. The summed E-state index contributed by atoms with van der Waals surface area (Å²) in [4.78, 5) is 31.4. The standard InChI is InChI=1S/C28H37N7O4S/c1-12(16-6-7-16)31-28-32-13(2)20(27-34-21-14(3)29-9-8-19(21)40-27)25(35-28)33-18-10-17(22(36)24(18)38)23(37)26(39)30-11-15-4-5-15/h8-9,12,15-18,22-24,36-38H,4-7,10-11H2,1-3H3,(H,30,39)(H2,31,32,33,35)/t12-,17+,18-,22-,23?,24+/m1/s1. The molecule has 11 nitrogen and oxygen atoms in total. The zero-order valence-electron chi connectivity index (χ0n) is 23.0. The number of hydrogen-bond acceptors (Lipinski definition) is 11. The summed E-state index contributed by atoms with van der Waals surface area (Å²) in [6, 6.07) is 1.50. The molecule has 0 aromatic carbocycles. The highest BCUT2D eigenvalue weighted by Crippen LogP contribution is 2.40. The smallest absolute Gasteiger partial charge is 0.249 e. The number of thiazole rings is 1. The molecule has 3 aliphatic rings. The van der Waals surface area contributed by atoms with Crippen LogP contribution in [0, 0.1) is 31.6 Å². The number of carbonyl (C=O) groups is 1. The van der Waals surface area contributed by atoms with Gasteiger partial charge >= 0.3 is 0 Å². The van der Waals surface area contributed by atoms with E-state index in [1.54, 1.807) is 6.20 Å². The Bertz CT molecular complexity index is 1410. The molecule has 3 fully saturated rings. The number of nitrogens with one attached hydrogen (secondary N) is 3. The number of nitrogens with zero attached hydrogens (tertiary/aromatic N) is 4. The Morgan fingerprint density at radius 1 is 1.10 bits per heavy atom. The molecular formula is C28H37N7O4S. The Balaban J connectivity index is 1.29. The van der Waals surface area contributed by atoms with E-state index >= 15 is 0 Å². The highest BCUT2D eigenvalue weighted by molar-refractivity contribution is 7.21. The van der Waals surface area contributed by atoms with Crippen LogP contribution in [0.15, 0.2) is 12.3 Å². The van der Waals surface area contributed by atoms with E-state index in [0.29, 0.717) is 35.7 Å². The lowest BCUT2D eigenvalue weighted by atomic mass is 9.97. The molecule has 214 valence electrons. The van der Waals surface area contributed by atoms with Crippen molar-refractivity contribution in [1.82, 2.24) is 25.3 Å². The summed E-state index contributed by atoms with van der Waals surface area (Å²) in [5, 5.41) is 42.8. The van der Waals surface area contributed by atoms with E-state index in [1.807, 2.05) is 19.9 Å². The van der Waals surface area contributed by atoms with E-state index in [4.69, 9.17) is 15.0 Å². The first-order chi connectivity index (χ1) is 19.2. The van der Waals surface area contributed by atoms with Gasteiger partial charge < -0.3 is 31.3 Å². The second kappa shape index (κ2) is 10.8. The van der Waals surface area contributed by atoms with E-state index in [1.165, 1.54) is 24.2 Å². The summed E-state index contributed by atoms with van der Waals surface area (Å²) in [5.74, 6) is 0.693. The highest BCUT2D eigenvalue weighted by atomic mass is 32.1. The number of rotatable bonds is 10. The molecule has 3 aliphatic carbocycles. The van der Waals surface area contributed by atoms with Crippen LogP contribution in [-0.2, 0) is 4.79 Å². The van der Waals surface area contributed by atoms with Gasteiger partial charge in [-0.15, -0.1) is 11.3 Å². The number of fused-ring (bicyclic) bond motifs is 1. The SMILES string of the molecule is Cc1nc(N[C@H](C)C2CC2)nc(N[C@@H]2C[C@H](C(O)C(=O)NCC3CC3)[C@@H](O)[C@H]2O)c1-c1nc2c(C)nccc2s1. The van der Waals surface area contributed by atoms with Crippen molar-refractivity contribution in [3.8, 4) is 10.6 Å². The normalized spacial score (nSPS) is 26.1. The molecule has 40 heavy (non-hydrogen) atoms. The molecule has 3 aromatic heterocycles. The first kappa shape index (κ1) is 27.3. The molecule has 6 atom stereocenters. The van der Waals surface area contributed by atoms with Crippen molar-refractivity contribution in [1.29, 1.82) is 0 Å². The van der Waals surface area contributed by atoms with Gasteiger partial charge in [-0.1, -0.05) is 0 Å². The molecule has 0 saturated heterocycles. The molecule has 6 N–H and O–H groups in total. The highest BCUT2D eigenvalue weighted by Gasteiger charge is 2.47. The predicted octanol–water partition coefficient (Wildman–Crippen LogP) is 2.38. The quantitative estimate of drug-likeness (QED) is 0.214. The van der Waals surface area contributed by atoms with Crippen molar-refractivity contribution in [3.05, 3.63) is 23.7 Å². The number of carbonyl (C=O) groups excluding carboxylic acids is 1. The number of aliphatic hydroxyl groups excluding tert-OH is 3. The minimum atomic E-state index is -1.42. The van der Waals surface area contributed by atoms with Crippen LogP contribution in [0.2, 0.25) is 0 Å².